The Kier molecular flexibility index (Phi) is 4.71. The van der Waals surface area contributed by atoms with Gasteiger partial charge in [-0.3, -0.25) is 9.69 Å². The first-order chi connectivity index (χ1) is 13.1. The fourth-order valence-electron chi connectivity index (χ4n) is 3.65. The van der Waals surface area contributed by atoms with Gasteiger partial charge in [-0.15, -0.1) is 0 Å². The molecule has 9 nitrogen and oxygen atoms in total. The van der Waals surface area contributed by atoms with Gasteiger partial charge in [-0.05, 0) is 19.1 Å². The van der Waals surface area contributed by atoms with Crippen molar-refractivity contribution in [2.45, 2.75) is 19.1 Å². The fraction of sp³-hybridized carbons (Fsp3) is 0.500. The number of amides is 1. The number of carbonyl (C=O) groups is 1. The molecule has 4 rings (SSSR count). The Bertz CT molecular complexity index is 824. The lowest BCUT2D eigenvalue weighted by Crippen LogP contribution is -2.70. The summed E-state index contributed by atoms with van der Waals surface area (Å²) in [5.74, 6) is 1.18. The van der Waals surface area contributed by atoms with Crippen LogP contribution in [-0.2, 0) is 11.3 Å². The minimum atomic E-state index is -0.309. The minimum Gasteiger partial charge on any atom is -0.369 e. The van der Waals surface area contributed by atoms with Crippen LogP contribution >= 0.6 is 0 Å². The zero-order chi connectivity index (χ0) is 18.9. The Morgan fingerprint density at radius 2 is 2.04 bits per heavy atom. The molecule has 2 aromatic heterocycles. The topological polar surface area (TPSA) is 96.4 Å². The van der Waals surface area contributed by atoms with Crippen LogP contribution in [0.2, 0.25) is 0 Å². The molecule has 4 heterocycles. The molecule has 0 aliphatic carbocycles. The lowest BCUT2D eigenvalue weighted by Gasteiger charge is -2.53. The van der Waals surface area contributed by atoms with E-state index in [0.717, 1.165) is 24.6 Å². The highest BCUT2D eigenvalue weighted by atomic mass is 16.5. The van der Waals surface area contributed by atoms with Crippen molar-refractivity contribution in [2.24, 2.45) is 0 Å². The molecule has 2 aromatic rings. The summed E-state index contributed by atoms with van der Waals surface area (Å²) >= 11 is 0. The highest BCUT2D eigenvalue weighted by Crippen LogP contribution is 2.30. The predicted octanol–water partition coefficient (Wildman–Crippen LogP) is 0.344. The molecule has 0 bridgehead atoms. The number of rotatable bonds is 4. The average molecular weight is 369 g/mol. The van der Waals surface area contributed by atoms with Gasteiger partial charge in [0, 0.05) is 44.8 Å². The average Bonchev–Trinajstić information content (AvgIpc) is 2.66. The molecule has 2 saturated heterocycles. The van der Waals surface area contributed by atoms with Crippen molar-refractivity contribution in [3.05, 3.63) is 41.7 Å². The largest absolute Gasteiger partial charge is 0.369 e. The van der Waals surface area contributed by atoms with Crippen LogP contribution in [0.4, 0.5) is 5.95 Å². The van der Waals surface area contributed by atoms with Crippen LogP contribution in [0.1, 0.15) is 22.0 Å². The summed E-state index contributed by atoms with van der Waals surface area (Å²) in [5, 5.41) is 2.90. The van der Waals surface area contributed by atoms with Crippen molar-refractivity contribution in [1.82, 2.24) is 29.7 Å². The van der Waals surface area contributed by atoms with Crippen molar-refractivity contribution in [1.29, 1.82) is 0 Å². The zero-order valence-corrected chi connectivity index (χ0v) is 15.6. The number of ether oxygens (including phenoxy) is 1. The Morgan fingerprint density at radius 3 is 2.78 bits per heavy atom. The summed E-state index contributed by atoms with van der Waals surface area (Å²) < 4.78 is 6.03. The first-order valence-corrected chi connectivity index (χ1v) is 9.02. The van der Waals surface area contributed by atoms with Crippen LogP contribution in [0.3, 0.4) is 0 Å². The second-order valence-electron chi connectivity index (χ2n) is 7.04. The lowest BCUT2D eigenvalue weighted by atomic mass is 9.91. The molecule has 27 heavy (non-hydrogen) atoms. The third kappa shape index (κ3) is 3.74. The number of anilines is 1. The highest BCUT2D eigenvalue weighted by Gasteiger charge is 2.48. The van der Waals surface area contributed by atoms with Crippen LogP contribution < -0.4 is 5.32 Å². The molecule has 9 heteroatoms. The Balaban J connectivity index is 1.40. The van der Waals surface area contributed by atoms with Gasteiger partial charge in [0.25, 0.3) is 5.91 Å². The van der Waals surface area contributed by atoms with Gasteiger partial charge in [-0.1, -0.05) is 0 Å². The monoisotopic (exact) mass is 369 g/mol. The van der Waals surface area contributed by atoms with Crippen molar-refractivity contribution in [2.75, 3.05) is 45.2 Å². The van der Waals surface area contributed by atoms with Crippen LogP contribution in [0.15, 0.2) is 24.5 Å². The summed E-state index contributed by atoms with van der Waals surface area (Å²) in [5.41, 5.74) is 0.868. The zero-order valence-electron chi connectivity index (χ0n) is 15.6. The number of nitrogens with zero attached hydrogens (tertiary/aromatic N) is 6. The van der Waals surface area contributed by atoms with Gasteiger partial charge in [0.05, 0.1) is 19.7 Å². The first kappa shape index (κ1) is 17.7. The van der Waals surface area contributed by atoms with Gasteiger partial charge in [0.2, 0.25) is 5.95 Å². The van der Waals surface area contributed by atoms with Crippen LogP contribution in [-0.4, -0.2) is 81.1 Å². The molecule has 142 valence electrons. The van der Waals surface area contributed by atoms with Crippen LogP contribution in [0, 0.1) is 6.92 Å². The van der Waals surface area contributed by atoms with Crippen molar-refractivity contribution in [3.8, 4) is 0 Å². The second kappa shape index (κ2) is 7.16. The van der Waals surface area contributed by atoms with Gasteiger partial charge in [-0.2, -0.15) is 0 Å². The van der Waals surface area contributed by atoms with Crippen LogP contribution in [0.25, 0.3) is 0 Å². The quantitative estimate of drug-likeness (QED) is 0.824. The molecule has 0 saturated carbocycles. The van der Waals surface area contributed by atoms with E-state index in [1.54, 1.807) is 25.5 Å². The molecule has 2 aliphatic rings. The van der Waals surface area contributed by atoms with Gasteiger partial charge in [-0.25, -0.2) is 19.9 Å². The second-order valence-corrected chi connectivity index (χ2v) is 7.04. The molecule has 0 radical (unpaired) electrons. The van der Waals surface area contributed by atoms with E-state index in [1.165, 1.54) is 0 Å². The molecular formula is C18H23N7O2. The van der Waals surface area contributed by atoms with E-state index in [-0.39, 0.29) is 11.5 Å². The SMILES string of the molecule is CNc1nc(C)cc(C(=O)N2CCOC3(CN(Cc4ncccn4)C3)C2)n1. The van der Waals surface area contributed by atoms with E-state index in [9.17, 15) is 4.79 Å². The van der Waals surface area contributed by atoms with E-state index in [4.69, 9.17) is 4.74 Å². The van der Waals surface area contributed by atoms with E-state index in [2.05, 4.69) is 30.2 Å². The molecule has 2 fully saturated rings. The summed E-state index contributed by atoms with van der Waals surface area (Å²) in [7, 11) is 1.74. The summed E-state index contributed by atoms with van der Waals surface area (Å²) in [6, 6.07) is 3.54. The number of hydrogen-bond donors (Lipinski definition) is 1. The van der Waals surface area contributed by atoms with Gasteiger partial charge in [0.15, 0.2) is 0 Å². The number of carbonyl (C=O) groups excluding carboxylic acids is 1. The number of hydrogen-bond acceptors (Lipinski definition) is 8. The standard InChI is InChI=1S/C18H23N7O2/c1-13-8-14(23-17(19-2)22-13)16(26)25-6-7-27-18(12-25)10-24(11-18)9-15-20-4-3-5-21-15/h3-5,8H,6-7,9-12H2,1-2H3,(H,19,22,23). The summed E-state index contributed by atoms with van der Waals surface area (Å²) in [6.07, 6.45) is 3.50. The predicted molar refractivity (Wildman–Crippen MR) is 98.2 cm³/mol. The third-order valence-electron chi connectivity index (χ3n) is 4.84. The Labute approximate surface area is 157 Å². The van der Waals surface area contributed by atoms with E-state index in [0.29, 0.717) is 37.9 Å². The molecule has 0 atom stereocenters. The van der Waals surface area contributed by atoms with Crippen molar-refractivity contribution in [3.63, 3.8) is 0 Å². The maximum Gasteiger partial charge on any atom is 0.272 e. The van der Waals surface area contributed by atoms with E-state index >= 15 is 0 Å². The normalized spacial score (nSPS) is 19.0. The lowest BCUT2D eigenvalue weighted by molar-refractivity contribution is -0.179. The summed E-state index contributed by atoms with van der Waals surface area (Å²) in [6.45, 7) is 5.74. The molecule has 2 aliphatic heterocycles. The number of aryl methyl sites for hydroxylation is 1. The van der Waals surface area contributed by atoms with Gasteiger partial charge < -0.3 is 15.0 Å². The van der Waals surface area contributed by atoms with Gasteiger partial charge >= 0.3 is 0 Å². The molecular weight excluding hydrogens is 346 g/mol. The van der Waals surface area contributed by atoms with E-state index < -0.39 is 0 Å². The van der Waals surface area contributed by atoms with E-state index in [1.807, 2.05) is 17.9 Å². The highest BCUT2D eigenvalue weighted by molar-refractivity contribution is 5.92. The smallest absolute Gasteiger partial charge is 0.272 e. The minimum absolute atomic E-state index is 0.0792. The van der Waals surface area contributed by atoms with Crippen LogP contribution in [0.5, 0.6) is 0 Å². The number of aromatic nitrogens is 4. The Morgan fingerprint density at radius 1 is 1.26 bits per heavy atom. The third-order valence-corrected chi connectivity index (χ3v) is 4.84. The summed E-state index contributed by atoms with van der Waals surface area (Å²) in [4.78, 5) is 34.1. The molecule has 0 unspecified atom stereocenters. The maximum absolute atomic E-state index is 12.9. The van der Waals surface area contributed by atoms with Crippen molar-refractivity contribution < 1.29 is 9.53 Å². The number of morpholine rings is 1. The molecule has 0 aromatic carbocycles. The Hall–Kier alpha value is -2.65. The van der Waals surface area contributed by atoms with Crippen molar-refractivity contribution >= 4 is 11.9 Å². The maximum atomic E-state index is 12.9. The number of nitrogens with one attached hydrogen (secondary N) is 1. The molecule has 1 spiro atoms. The first-order valence-electron chi connectivity index (χ1n) is 9.02. The molecule has 1 N–H and O–H groups in total. The van der Waals surface area contributed by atoms with Gasteiger partial charge in [0.1, 0.15) is 17.1 Å². The fourth-order valence-corrected chi connectivity index (χ4v) is 3.65. The molecule has 1 amide bonds. The number of likely N-dealkylation sites (tertiary alicyclic amines) is 1.